The third-order valence-electron chi connectivity index (χ3n) is 5.05. The second-order valence-electron chi connectivity index (χ2n) is 6.86. The molecule has 0 aromatic carbocycles. The molecular weight excluding hydrogens is 328 g/mol. The summed E-state index contributed by atoms with van der Waals surface area (Å²) in [4.78, 5) is 23.1. The monoisotopic (exact) mass is 356 g/mol. The molecule has 2 aromatic heterocycles. The maximum atomic E-state index is 12.4. The lowest BCUT2D eigenvalue weighted by atomic mass is 9.85. The first-order valence-electron chi connectivity index (χ1n) is 9.40. The summed E-state index contributed by atoms with van der Waals surface area (Å²) in [6.07, 6.45) is 10.1. The molecule has 1 aliphatic rings. The standard InChI is InChI=1S/C19H28N6O/c1-4-17-21-9-14(10-22-17)8-20-11-15-6-7-18(26)25(5-2)19(15)16-12-23-24(3)13-16/h9-10,12-13,15,19-20H,4-8,11H2,1-3H3/t15-,19+/m1/s1. The van der Waals surface area contributed by atoms with Gasteiger partial charge in [-0.2, -0.15) is 5.10 Å². The SMILES string of the molecule is CCc1ncc(CNC[C@H]2CCC(=O)N(CC)[C@@H]2c2cnn(C)c2)cn1. The summed E-state index contributed by atoms with van der Waals surface area (Å²) in [5, 5.41) is 7.84. The molecule has 0 radical (unpaired) electrons. The minimum atomic E-state index is 0.0844. The molecule has 1 aliphatic heterocycles. The molecule has 1 N–H and O–H groups in total. The Balaban J connectivity index is 1.66. The highest BCUT2D eigenvalue weighted by Gasteiger charge is 2.36. The van der Waals surface area contributed by atoms with Gasteiger partial charge in [0.15, 0.2) is 0 Å². The normalized spacial score (nSPS) is 20.6. The van der Waals surface area contributed by atoms with Crippen LogP contribution in [0.5, 0.6) is 0 Å². The van der Waals surface area contributed by atoms with Crippen LogP contribution in [0, 0.1) is 5.92 Å². The van der Waals surface area contributed by atoms with Crippen molar-refractivity contribution in [3.8, 4) is 0 Å². The van der Waals surface area contributed by atoms with Gasteiger partial charge in [0, 0.05) is 69.2 Å². The molecular formula is C19H28N6O. The number of nitrogens with zero attached hydrogens (tertiary/aromatic N) is 5. The average Bonchev–Trinajstić information content (AvgIpc) is 3.09. The smallest absolute Gasteiger partial charge is 0.223 e. The lowest BCUT2D eigenvalue weighted by molar-refractivity contribution is -0.138. The largest absolute Gasteiger partial charge is 0.335 e. The Morgan fingerprint density at radius 2 is 2.00 bits per heavy atom. The fourth-order valence-corrected chi connectivity index (χ4v) is 3.71. The van der Waals surface area contributed by atoms with Crippen molar-refractivity contribution in [1.29, 1.82) is 0 Å². The molecule has 1 fully saturated rings. The summed E-state index contributed by atoms with van der Waals surface area (Å²) in [5.41, 5.74) is 2.20. The van der Waals surface area contributed by atoms with Crippen LogP contribution >= 0.6 is 0 Å². The molecule has 0 spiro atoms. The van der Waals surface area contributed by atoms with Gasteiger partial charge in [0.2, 0.25) is 5.91 Å². The van der Waals surface area contributed by atoms with Crippen molar-refractivity contribution < 1.29 is 4.79 Å². The summed E-state index contributed by atoms with van der Waals surface area (Å²) in [6.45, 7) is 6.40. The molecule has 0 saturated carbocycles. The molecule has 140 valence electrons. The van der Waals surface area contributed by atoms with Crippen molar-refractivity contribution in [1.82, 2.24) is 30.0 Å². The van der Waals surface area contributed by atoms with Crippen molar-refractivity contribution in [3.63, 3.8) is 0 Å². The maximum Gasteiger partial charge on any atom is 0.223 e. The second-order valence-corrected chi connectivity index (χ2v) is 6.86. The maximum absolute atomic E-state index is 12.4. The Bertz CT molecular complexity index is 726. The van der Waals surface area contributed by atoms with E-state index in [1.54, 1.807) is 4.68 Å². The van der Waals surface area contributed by atoms with E-state index in [0.29, 0.717) is 12.3 Å². The molecule has 26 heavy (non-hydrogen) atoms. The Morgan fingerprint density at radius 1 is 1.23 bits per heavy atom. The number of aromatic nitrogens is 4. The van der Waals surface area contributed by atoms with E-state index < -0.39 is 0 Å². The first kappa shape index (κ1) is 18.5. The van der Waals surface area contributed by atoms with Gasteiger partial charge in [-0.1, -0.05) is 6.92 Å². The Labute approximate surface area is 154 Å². The van der Waals surface area contributed by atoms with Gasteiger partial charge in [-0.25, -0.2) is 9.97 Å². The number of aryl methyl sites for hydroxylation is 2. The van der Waals surface area contributed by atoms with E-state index in [2.05, 4.69) is 27.3 Å². The number of hydrogen-bond donors (Lipinski definition) is 1. The van der Waals surface area contributed by atoms with E-state index in [1.165, 1.54) is 0 Å². The number of carbonyl (C=O) groups is 1. The molecule has 0 aliphatic carbocycles. The zero-order valence-corrected chi connectivity index (χ0v) is 15.9. The van der Waals surface area contributed by atoms with Crippen molar-refractivity contribution in [2.45, 2.75) is 45.7 Å². The summed E-state index contributed by atoms with van der Waals surface area (Å²) < 4.78 is 1.80. The molecule has 0 unspecified atom stereocenters. The minimum Gasteiger partial charge on any atom is -0.335 e. The van der Waals surface area contributed by atoms with Crippen LogP contribution in [0.25, 0.3) is 0 Å². The Kier molecular flexibility index (Phi) is 5.98. The predicted molar refractivity (Wildman–Crippen MR) is 99.2 cm³/mol. The van der Waals surface area contributed by atoms with Crippen LogP contribution in [0.2, 0.25) is 0 Å². The van der Waals surface area contributed by atoms with Crippen LogP contribution in [-0.2, 0) is 24.8 Å². The van der Waals surface area contributed by atoms with Crippen LogP contribution in [0.15, 0.2) is 24.8 Å². The highest BCUT2D eigenvalue weighted by atomic mass is 16.2. The molecule has 0 bridgehead atoms. The van der Waals surface area contributed by atoms with Crippen LogP contribution in [0.1, 0.15) is 49.7 Å². The van der Waals surface area contributed by atoms with Gasteiger partial charge in [0.1, 0.15) is 5.82 Å². The number of amides is 1. The van der Waals surface area contributed by atoms with E-state index in [1.807, 2.05) is 43.7 Å². The van der Waals surface area contributed by atoms with E-state index in [-0.39, 0.29) is 11.9 Å². The van der Waals surface area contributed by atoms with E-state index in [9.17, 15) is 4.79 Å². The molecule has 2 aromatic rings. The molecule has 2 atom stereocenters. The third kappa shape index (κ3) is 4.09. The van der Waals surface area contributed by atoms with Crippen LogP contribution in [0.3, 0.4) is 0 Å². The average molecular weight is 356 g/mol. The first-order chi connectivity index (χ1) is 12.6. The lowest BCUT2D eigenvalue weighted by Gasteiger charge is -2.40. The summed E-state index contributed by atoms with van der Waals surface area (Å²) in [5.74, 6) is 1.48. The highest BCUT2D eigenvalue weighted by Crippen LogP contribution is 2.36. The summed E-state index contributed by atoms with van der Waals surface area (Å²) in [6, 6.07) is 0.0844. The van der Waals surface area contributed by atoms with Gasteiger partial charge in [0.25, 0.3) is 0 Å². The van der Waals surface area contributed by atoms with Crippen LogP contribution in [0.4, 0.5) is 0 Å². The molecule has 3 rings (SSSR count). The van der Waals surface area contributed by atoms with E-state index in [4.69, 9.17) is 0 Å². The molecule has 1 saturated heterocycles. The van der Waals surface area contributed by atoms with Crippen molar-refractivity contribution in [2.24, 2.45) is 13.0 Å². The van der Waals surface area contributed by atoms with Gasteiger partial charge >= 0.3 is 0 Å². The van der Waals surface area contributed by atoms with Gasteiger partial charge in [-0.15, -0.1) is 0 Å². The van der Waals surface area contributed by atoms with Crippen molar-refractivity contribution in [3.05, 3.63) is 41.7 Å². The van der Waals surface area contributed by atoms with Crippen LogP contribution < -0.4 is 5.32 Å². The van der Waals surface area contributed by atoms with Crippen molar-refractivity contribution >= 4 is 5.91 Å². The predicted octanol–water partition coefficient (Wildman–Crippen LogP) is 1.86. The van der Waals surface area contributed by atoms with Gasteiger partial charge < -0.3 is 10.2 Å². The number of hydrogen-bond acceptors (Lipinski definition) is 5. The summed E-state index contributed by atoms with van der Waals surface area (Å²) >= 11 is 0. The third-order valence-corrected chi connectivity index (χ3v) is 5.05. The van der Waals surface area contributed by atoms with Gasteiger partial charge in [-0.3, -0.25) is 9.48 Å². The van der Waals surface area contributed by atoms with Crippen LogP contribution in [-0.4, -0.2) is 43.6 Å². The zero-order chi connectivity index (χ0) is 18.5. The fraction of sp³-hybridized carbons (Fsp3) is 0.579. The zero-order valence-electron chi connectivity index (χ0n) is 15.9. The molecule has 7 nitrogen and oxygen atoms in total. The Morgan fingerprint density at radius 3 is 2.62 bits per heavy atom. The number of nitrogens with one attached hydrogen (secondary N) is 1. The molecule has 1 amide bonds. The summed E-state index contributed by atoms with van der Waals surface area (Å²) in [7, 11) is 1.91. The van der Waals surface area contributed by atoms with Gasteiger partial charge in [0.05, 0.1) is 12.2 Å². The fourth-order valence-electron chi connectivity index (χ4n) is 3.71. The number of likely N-dealkylation sites (tertiary alicyclic amines) is 1. The lowest BCUT2D eigenvalue weighted by Crippen LogP contribution is -2.45. The van der Waals surface area contributed by atoms with Gasteiger partial charge in [-0.05, 0) is 19.3 Å². The quantitative estimate of drug-likeness (QED) is 0.819. The second kappa shape index (κ2) is 8.40. The minimum absolute atomic E-state index is 0.0844. The highest BCUT2D eigenvalue weighted by molar-refractivity contribution is 5.77. The van der Waals surface area contributed by atoms with E-state index >= 15 is 0 Å². The molecule has 7 heteroatoms. The first-order valence-corrected chi connectivity index (χ1v) is 9.40. The number of rotatable bonds is 7. The topological polar surface area (TPSA) is 75.9 Å². The van der Waals surface area contributed by atoms with Crippen molar-refractivity contribution in [2.75, 3.05) is 13.1 Å². The van der Waals surface area contributed by atoms with E-state index in [0.717, 1.165) is 49.4 Å². The Hall–Kier alpha value is -2.28. The number of carbonyl (C=O) groups excluding carboxylic acids is 1. The number of piperidine rings is 1. The molecule has 3 heterocycles.